The van der Waals surface area contributed by atoms with Gasteiger partial charge < -0.3 is 9.84 Å². The highest BCUT2D eigenvalue weighted by molar-refractivity contribution is 7.85. The van der Waals surface area contributed by atoms with Crippen molar-refractivity contribution >= 4 is 10.8 Å². The van der Waals surface area contributed by atoms with Crippen LogP contribution in [-0.4, -0.2) is 49.7 Å². The fourth-order valence-corrected chi connectivity index (χ4v) is 3.42. The molecule has 0 aliphatic heterocycles. The Morgan fingerprint density at radius 1 is 1.10 bits per heavy atom. The number of aryl methyl sites for hydroxylation is 1. The molecule has 1 unspecified atom stereocenters. The predicted molar refractivity (Wildman–Crippen MR) is 88.0 cm³/mol. The summed E-state index contributed by atoms with van der Waals surface area (Å²) in [6, 6.07) is 2.21. The van der Waals surface area contributed by atoms with Crippen molar-refractivity contribution in [2.24, 2.45) is 0 Å². The molecule has 174 valence electrons. The number of halogens is 9. The van der Waals surface area contributed by atoms with E-state index in [2.05, 4.69) is 9.84 Å². The van der Waals surface area contributed by atoms with Gasteiger partial charge in [-0.3, -0.25) is 4.21 Å². The second kappa shape index (κ2) is 8.68. The monoisotopic (exact) mass is 484 g/mol. The topological polar surface area (TPSA) is 64.3 Å². The zero-order valence-corrected chi connectivity index (χ0v) is 16.1. The lowest BCUT2D eigenvalue weighted by Crippen LogP contribution is -2.41. The number of benzene rings is 1. The molecule has 0 spiro atoms. The molecule has 0 aliphatic rings. The first-order valence-electron chi connectivity index (χ1n) is 8.08. The van der Waals surface area contributed by atoms with Crippen LogP contribution in [0.2, 0.25) is 0 Å². The SMILES string of the molecule is Cc1cc(F)c(-n2nc(OCC(F)(F)C(F)(F)F)cc2CO)cc1S(=O)CC(F)(F)F. The third-order valence-electron chi connectivity index (χ3n) is 3.75. The van der Waals surface area contributed by atoms with Crippen LogP contribution < -0.4 is 4.74 Å². The molecule has 2 rings (SSSR count). The number of ether oxygens (including phenoxy) is 1. The largest absolute Gasteiger partial charge is 0.470 e. The van der Waals surface area contributed by atoms with Gasteiger partial charge in [0.25, 0.3) is 0 Å². The Kier molecular flexibility index (Phi) is 7.00. The molecular formula is C16H13F9N2O3S. The molecule has 1 aromatic heterocycles. The van der Waals surface area contributed by atoms with Crippen LogP contribution in [0.4, 0.5) is 39.5 Å². The summed E-state index contributed by atoms with van der Waals surface area (Å²) < 4.78 is 132. The van der Waals surface area contributed by atoms with E-state index in [9.17, 15) is 48.8 Å². The van der Waals surface area contributed by atoms with Gasteiger partial charge in [0, 0.05) is 11.0 Å². The average molecular weight is 484 g/mol. The van der Waals surface area contributed by atoms with Crippen molar-refractivity contribution in [3.63, 3.8) is 0 Å². The van der Waals surface area contributed by atoms with E-state index < -0.39 is 70.3 Å². The molecule has 1 atom stereocenters. The maximum absolute atomic E-state index is 14.4. The van der Waals surface area contributed by atoms with Crippen LogP contribution in [0.25, 0.3) is 5.69 Å². The number of nitrogens with zero attached hydrogens (tertiary/aromatic N) is 2. The number of hydrogen-bond donors (Lipinski definition) is 1. The predicted octanol–water partition coefficient (Wildman–Crippen LogP) is 4.06. The van der Waals surface area contributed by atoms with Crippen molar-refractivity contribution in [3.8, 4) is 11.6 Å². The van der Waals surface area contributed by atoms with Gasteiger partial charge in [0.15, 0.2) is 6.61 Å². The minimum Gasteiger partial charge on any atom is -0.470 e. The molecule has 0 saturated heterocycles. The average Bonchev–Trinajstić information content (AvgIpc) is 3.00. The van der Waals surface area contributed by atoms with Gasteiger partial charge in [0.1, 0.15) is 17.3 Å². The van der Waals surface area contributed by atoms with E-state index in [1.165, 1.54) is 6.92 Å². The molecule has 0 aliphatic carbocycles. The first-order valence-corrected chi connectivity index (χ1v) is 9.40. The number of aliphatic hydroxyl groups excluding tert-OH is 1. The van der Waals surface area contributed by atoms with Gasteiger partial charge in [0.05, 0.1) is 23.1 Å². The standard InChI is InChI=1S/C16H13F9N2O3S/c1-8-2-10(17)11(4-12(8)31(29)7-15(20,21)22)27-9(5-28)3-13(26-27)30-6-14(18,19)16(23,24)25/h2-4,28H,5-7H2,1H3. The third kappa shape index (κ3) is 5.90. The van der Waals surface area contributed by atoms with Crippen LogP contribution in [0.1, 0.15) is 11.3 Å². The van der Waals surface area contributed by atoms with Gasteiger partial charge in [-0.1, -0.05) is 0 Å². The van der Waals surface area contributed by atoms with Crippen LogP contribution in [0.3, 0.4) is 0 Å². The van der Waals surface area contributed by atoms with Crippen molar-refractivity contribution in [2.75, 3.05) is 12.4 Å². The van der Waals surface area contributed by atoms with Crippen molar-refractivity contribution in [1.82, 2.24) is 9.78 Å². The summed E-state index contributed by atoms with van der Waals surface area (Å²) in [6.07, 6.45) is -10.7. The van der Waals surface area contributed by atoms with E-state index in [1.54, 1.807) is 0 Å². The van der Waals surface area contributed by atoms with Gasteiger partial charge in [-0.2, -0.15) is 35.1 Å². The molecule has 15 heteroatoms. The first kappa shape index (κ1) is 25.0. The Morgan fingerprint density at radius 2 is 1.71 bits per heavy atom. The lowest BCUT2D eigenvalue weighted by Gasteiger charge is -2.18. The Morgan fingerprint density at radius 3 is 2.23 bits per heavy atom. The van der Waals surface area contributed by atoms with Crippen molar-refractivity contribution in [2.45, 2.75) is 36.7 Å². The molecule has 0 bridgehead atoms. The number of aliphatic hydroxyl groups is 1. The van der Waals surface area contributed by atoms with Crippen molar-refractivity contribution in [1.29, 1.82) is 0 Å². The van der Waals surface area contributed by atoms with Crippen LogP contribution in [0.5, 0.6) is 5.88 Å². The zero-order chi connectivity index (χ0) is 23.8. The minimum absolute atomic E-state index is 0.0946. The van der Waals surface area contributed by atoms with Gasteiger partial charge in [0.2, 0.25) is 5.88 Å². The second-order valence-corrected chi connectivity index (χ2v) is 7.63. The molecule has 0 radical (unpaired) electrons. The second-order valence-electron chi connectivity index (χ2n) is 6.21. The van der Waals surface area contributed by atoms with E-state index in [4.69, 9.17) is 0 Å². The Bertz CT molecular complexity index is 970. The first-order chi connectivity index (χ1) is 14.1. The molecule has 1 N–H and O–H groups in total. The molecule has 31 heavy (non-hydrogen) atoms. The number of rotatable bonds is 7. The van der Waals surface area contributed by atoms with Crippen LogP contribution in [-0.2, 0) is 17.4 Å². The summed E-state index contributed by atoms with van der Waals surface area (Å²) >= 11 is 0. The minimum atomic E-state index is -5.91. The van der Waals surface area contributed by atoms with Gasteiger partial charge in [-0.05, 0) is 24.6 Å². The summed E-state index contributed by atoms with van der Waals surface area (Å²) in [7, 11) is -2.63. The number of hydrogen-bond acceptors (Lipinski definition) is 4. The smallest absolute Gasteiger partial charge is 0.456 e. The molecule has 5 nitrogen and oxygen atoms in total. The Balaban J connectivity index is 2.42. The number of aromatic nitrogens is 2. The molecule has 1 heterocycles. The number of alkyl halides is 8. The fourth-order valence-electron chi connectivity index (χ4n) is 2.31. The fraction of sp³-hybridized carbons (Fsp3) is 0.438. The van der Waals surface area contributed by atoms with Crippen LogP contribution in [0, 0.1) is 12.7 Å². The van der Waals surface area contributed by atoms with E-state index in [0.29, 0.717) is 4.68 Å². The third-order valence-corrected chi connectivity index (χ3v) is 5.27. The Labute approximate surface area is 170 Å². The summed E-state index contributed by atoms with van der Waals surface area (Å²) in [6.45, 7) is -1.88. The normalized spacial score (nSPS) is 14.0. The maximum atomic E-state index is 14.4. The summed E-state index contributed by atoms with van der Waals surface area (Å²) in [5.74, 6) is -8.90. The summed E-state index contributed by atoms with van der Waals surface area (Å²) in [5.41, 5.74) is -1.07. The molecule has 0 amide bonds. The lowest BCUT2D eigenvalue weighted by molar-refractivity contribution is -0.290. The molecule has 0 fully saturated rings. The van der Waals surface area contributed by atoms with Gasteiger partial charge >= 0.3 is 18.3 Å². The lowest BCUT2D eigenvalue weighted by atomic mass is 10.2. The van der Waals surface area contributed by atoms with E-state index in [0.717, 1.165) is 18.2 Å². The van der Waals surface area contributed by atoms with Gasteiger partial charge in [-0.25, -0.2) is 9.07 Å². The van der Waals surface area contributed by atoms with E-state index in [-0.39, 0.29) is 11.3 Å². The van der Waals surface area contributed by atoms with E-state index in [1.807, 2.05) is 0 Å². The van der Waals surface area contributed by atoms with Crippen LogP contribution >= 0.6 is 0 Å². The van der Waals surface area contributed by atoms with Gasteiger partial charge in [-0.15, -0.1) is 5.10 Å². The molecule has 1 aromatic carbocycles. The highest BCUT2D eigenvalue weighted by Crippen LogP contribution is 2.36. The van der Waals surface area contributed by atoms with Crippen LogP contribution in [0.15, 0.2) is 23.1 Å². The van der Waals surface area contributed by atoms with Crippen molar-refractivity contribution < 1.29 is 53.6 Å². The Hall–Kier alpha value is -2.29. The molecule has 0 saturated carbocycles. The summed E-state index contributed by atoms with van der Waals surface area (Å²) in [5, 5.41) is 12.8. The van der Waals surface area contributed by atoms with Crippen molar-refractivity contribution in [3.05, 3.63) is 35.3 Å². The maximum Gasteiger partial charge on any atom is 0.456 e. The van der Waals surface area contributed by atoms with E-state index >= 15 is 0 Å². The summed E-state index contributed by atoms with van der Waals surface area (Å²) in [4.78, 5) is -0.417. The highest BCUT2D eigenvalue weighted by atomic mass is 32.2. The highest BCUT2D eigenvalue weighted by Gasteiger charge is 2.58. The zero-order valence-electron chi connectivity index (χ0n) is 15.3. The molecular weight excluding hydrogens is 471 g/mol. The quantitative estimate of drug-likeness (QED) is 0.603. The molecule has 2 aromatic rings.